The molecule has 1 aromatic heterocycles. The summed E-state index contributed by atoms with van der Waals surface area (Å²) in [6, 6.07) is 18.9. The van der Waals surface area contributed by atoms with Gasteiger partial charge in [-0.05, 0) is 60.7 Å². The van der Waals surface area contributed by atoms with Crippen LogP contribution in [0.1, 0.15) is 49.9 Å². The van der Waals surface area contributed by atoms with Crippen molar-refractivity contribution in [3.63, 3.8) is 0 Å². The maximum Gasteiger partial charge on any atom is 0.316 e. The smallest absolute Gasteiger partial charge is 0.316 e. The van der Waals surface area contributed by atoms with E-state index >= 15 is 0 Å². The minimum Gasteiger partial charge on any atom is -0.490 e. The first-order chi connectivity index (χ1) is 14.5. The highest BCUT2D eigenvalue weighted by Gasteiger charge is 2.24. The van der Waals surface area contributed by atoms with Crippen molar-refractivity contribution in [1.82, 2.24) is 9.97 Å². The van der Waals surface area contributed by atoms with E-state index in [1.165, 1.54) is 30.4 Å². The predicted molar refractivity (Wildman–Crippen MR) is 116 cm³/mol. The lowest BCUT2D eigenvalue weighted by molar-refractivity contribution is 0.120. The van der Waals surface area contributed by atoms with Crippen molar-refractivity contribution in [2.24, 2.45) is 0 Å². The van der Waals surface area contributed by atoms with Crippen molar-refractivity contribution in [2.45, 2.75) is 51.2 Å². The molecule has 4 rings (SSSR count). The first kappa shape index (κ1) is 20.2. The van der Waals surface area contributed by atoms with Gasteiger partial charge in [-0.1, -0.05) is 38.1 Å². The maximum atomic E-state index is 5.98. The van der Waals surface area contributed by atoms with Crippen molar-refractivity contribution in [3.05, 3.63) is 77.6 Å². The molecule has 5 heteroatoms. The highest BCUT2D eigenvalue weighted by atomic mass is 16.5. The van der Waals surface area contributed by atoms with Crippen molar-refractivity contribution in [2.75, 3.05) is 7.11 Å². The number of nitrogens with zero attached hydrogens (tertiary/aromatic N) is 2. The van der Waals surface area contributed by atoms with Gasteiger partial charge in [0.15, 0.2) is 0 Å². The standard InChI is InChI=1S/C25H28N2O3/c1-25(2,19-9-13-23(14-10-19)30-22-5-4-6-22)18-7-11-21(12-8-18)29-17-20-15-16-26-24(27-20)28-3/h7-16,22H,4-6,17H2,1-3H3. The average Bonchev–Trinajstić information content (AvgIpc) is 2.75. The molecule has 1 aliphatic rings. The van der Waals surface area contributed by atoms with E-state index in [2.05, 4.69) is 60.2 Å². The molecular formula is C25H28N2O3. The van der Waals surface area contributed by atoms with Crippen molar-refractivity contribution < 1.29 is 14.2 Å². The molecule has 0 aliphatic heterocycles. The molecular weight excluding hydrogens is 376 g/mol. The lowest BCUT2D eigenvalue weighted by atomic mass is 9.78. The summed E-state index contributed by atoms with van der Waals surface area (Å²) in [7, 11) is 1.55. The number of methoxy groups -OCH3 is 1. The van der Waals surface area contributed by atoms with Gasteiger partial charge >= 0.3 is 6.01 Å². The van der Waals surface area contributed by atoms with Gasteiger partial charge < -0.3 is 14.2 Å². The third-order valence-corrected chi connectivity index (χ3v) is 5.77. The molecule has 0 radical (unpaired) electrons. The number of benzene rings is 2. The van der Waals surface area contributed by atoms with Crippen LogP contribution in [0.3, 0.4) is 0 Å². The van der Waals surface area contributed by atoms with Gasteiger partial charge in [0.1, 0.15) is 18.1 Å². The molecule has 1 aliphatic carbocycles. The molecule has 0 saturated heterocycles. The Morgan fingerprint density at radius 3 is 2.10 bits per heavy atom. The van der Waals surface area contributed by atoms with E-state index in [9.17, 15) is 0 Å². The van der Waals surface area contributed by atoms with Crippen LogP contribution < -0.4 is 14.2 Å². The topological polar surface area (TPSA) is 53.5 Å². The molecule has 0 amide bonds. The lowest BCUT2D eigenvalue weighted by Crippen LogP contribution is -2.24. The molecule has 0 unspecified atom stereocenters. The molecule has 5 nitrogen and oxygen atoms in total. The van der Waals surface area contributed by atoms with Crippen molar-refractivity contribution in [1.29, 1.82) is 0 Å². The number of ether oxygens (including phenoxy) is 3. The van der Waals surface area contributed by atoms with Crippen LogP contribution in [0, 0.1) is 0 Å². The number of hydrogen-bond donors (Lipinski definition) is 0. The summed E-state index contributed by atoms with van der Waals surface area (Å²) in [4.78, 5) is 8.28. The van der Waals surface area contributed by atoms with E-state index < -0.39 is 0 Å². The van der Waals surface area contributed by atoms with Crippen molar-refractivity contribution in [3.8, 4) is 17.5 Å². The predicted octanol–water partition coefficient (Wildman–Crippen LogP) is 5.32. The van der Waals surface area contributed by atoms with Gasteiger partial charge in [-0.25, -0.2) is 4.98 Å². The Morgan fingerprint density at radius 2 is 1.53 bits per heavy atom. The summed E-state index contributed by atoms with van der Waals surface area (Å²) in [5, 5.41) is 0. The fourth-order valence-electron chi connectivity index (χ4n) is 3.48. The zero-order valence-corrected chi connectivity index (χ0v) is 17.8. The maximum absolute atomic E-state index is 5.98. The molecule has 1 heterocycles. The normalized spacial score (nSPS) is 14.1. The molecule has 1 saturated carbocycles. The van der Waals surface area contributed by atoms with Crippen LogP contribution >= 0.6 is 0 Å². The molecule has 1 fully saturated rings. The fourth-order valence-corrected chi connectivity index (χ4v) is 3.48. The Kier molecular flexibility index (Phi) is 5.88. The first-order valence-electron chi connectivity index (χ1n) is 10.4. The Bertz CT molecular complexity index is 964. The molecule has 0 atom stereocenters. The van der Waals surface area contributed by atoms with Gasteiger partial charge in [-0.15, -0.1) is 0 Å². The van der Waals surface area contributed by atoms with Crippen LogP contribution in [0.4, 0.5) is 0 Å². The summed E-state index contributed by atoms with van der Waals surface area (Å²) < 4.78 is 16.9. The van der Waals surface area contributed by atoms with Gasteiger partial charge in [-0.3, -0.25) is 0 Å². The highest BCUT2D eigenvalue weighted by molar-refractivity contribution is 5.42. The summed E-state index contributed by atoms with van der Waals surface area (Å²) >= 11 is 0. The molecule has 0 bridgehead atoms. The first-order valence-corrected chi connectivity index (χ1v) is 10.4. The van der Waals surface area contributed by atoms with Crippen LogP contribution in [0.25, 0.3) is 0 Å². The van der Waals surface area contributed by atoms with Gasteiger partial charge in [0.05, 0.1) is 18.9 Å². The third kappa shape index (κ3) is 4.56. The zero-order valence-electron chi connectivity index (χ0n) is 17.8. The highest BCUT2D eigenvalue weighted by Crippen LogP contribution is 2.34. The van der Waals surface area contributed by atoms with Crippen LogP contribution in [0.5, 0.6) is 17.5 Å². The summed E-state index contributed by atoms with van der Waals surface area (Å²) in [5.74, 6) is 1.76. The average molecular weight is 405 g/mol. The van der Waals surface area contributed by atoms with Crippen LogP contribution in [-0.2, 0) is 12.0 Å². The van der Waals surface area contributed by atoms with E-state index in [1.807, 2.05) is 18.2 Å². The minimum absolute atomic E-state index is 0.118. The third-order valence-electron chi connectivity index (χ3n) is 5.77. The molecule has 3 aromatic rings. The van der Waals surface area contributed by atoms with Crippen LogP contribution in [-0.4, -0.2) is 23.2 Å². The second-order valence-corrected chi connectivity index (χ2v) is 8.17. The Morgan fingerprint density at radius 1 is 0.900 bits per heavy atom. The second kappa shape index (κ2) is 8.74. The molecule has 0 N–H and O–H groups in total. The van der Waals surface area contributed by atoms with Gasteiger partial charge in [0.2, 0.25) is 0 Å². The van der Waals surface area contributed by atoms with E-state index in [1.54, 1.807) is 13.3 Å². The van der Waals surface area contributed by atoms with Crippen LogP contribution in [0.2, 0.25) is 0 Å². The Balaban J connectivity index is 1.40. The monoisotopic (exact) mass is 404 g/mol. The van der Waals surface area contributed by atoms with E-state index in [0.29, 0.717) is 18.7 Å². The van der Waals surface area contributed by atoms with E-state index in [-0.39, 0.29) is 5.41 Å². The Hall–Kier alpha value is -3.08. The molecule has 2 aromatic carbocycles. The summed E-state index contributed by atoms with van der Waals surface area (Å²) in [6.07, 6.45) is 5.69. The Labute approximate surface area is 178 Å². The molecule has 30 heavy (non-hydrogen) atoms. The van der Waals surface area contributed by atoms with Crippen molar-refractivity contribution >= 4 is 0 Å². The second-order valence-electron chi connectivity index (χ2n) is 8.17. The summed E-state index contributed by atoms with van der Waals surface area (Å²) in [6.45, 7) is 4.83. The molecule has 156 valence electrons. The van der Waals surface area contributed by atoms with Gasteiger partial charge in [0.25, 0.3) is 0 Å². The zero-order chi connectivity index (χ0) is 21.0. The quantitative estimate of drug-likeness (QED) is 0.508. The fraction of sp³-hybridized carbons (Fsp3) is 0.360. The minimum atomic E-state index is -0.118. The molecule has 0 spiro atoms. The van der Waals surface area contributed by atoms with E-state index in [4.69, 9.17) is 14.2 Å². The lowest BCUT2D eigenvalue weighted by Gasteiger charge is -2.28. The number of hydrogen-bond acceptors (Lipinski definition) is 5. The number of rotatable bonds is 8. The summed E-state index contributed by atoms with van der Waals surface area (Å²) in [5.41, 5.74) is 3.14. The van der Waals surface area contributed by atoms with Gasteiger partial charge in [-0.2, -0.15) is 4.98 Å². The van der Waals surface area contributed by atoms with Gasteiger partial charge in [0, 0.05) is 11.6 Å². The van der Waals surface area contributed by atoms with E-state index in [0.717, 1.165) is 17.2 Å². The van der Waals surface area contributed by atoms with Crippen LogP contribution in [0.15, 0.2) is 60.8 Å². The largest absolute Gasteiger partial charge is 0.490 e. The SMILES string of the molecule is COc1nccc(COc2ccc(C(C)(C)c3ccc(OC4CCC4)cc3)cc2)n1. The number of aromatic nitrogens is 2.